The fourth-order valence-corrected chi connectivity index (χ4v) is 4.34. The molecule has 7 nitrogen and oxygen atoms in total. The molecule has 0 radical (unpaired) electrons. The Balaban J connectivity index is 3.85. The second kappa shape index (κ2) is 19.8. The van der Waals surface area contributed by atoms with Crippen molar-refractivity contribution in [3.05, 3.63) is 0 Å². The van der Waals surface area contributed by atoms with Crippen LogP contribution >= 0.6 is 7.82 Å². The van der Waals surface area contributed by atoms with E-state index in [9.17, 15) is 14.3 Å². The van der Waals surface area contributed by atoms with Gasteiger partial charge in [0, 0.05) is 6.92 Å². The summed E-state index contributed by atoms with van der Waals surface area (Å²) in [5.74, 6) is -0.430. The molecule has 198 valence electrons. The SMILES string of the molecule is CCCCCCCCCCCCCCCC[C@H](COP(=O)([O-])OCC[N+](C)(C)C)OC(C)=O. The fraction of sp³-hybridized carbons (Fsp3) is 0.960. The van der Waals surface area contributed by atoms with Gasteiger partial charge in [0.2, 0.25) is 0 Å². The molecular weight excluding hydrogens is 441 g/mol. The lowest BCUT2D eigenvalue weighted by Gasteiger charge is -2.28. The molecule has 2 atom stereocenters. The number of phosphoric ester groups is 1. The summed E-state index contributed by atoms with van der Waals surface area (Å²) in [7, 11) is 1.45. The number of unbranched alkanes of at least 4 members (excludes halogenated alkanes) is 13. The van der Waals surface area contributed by atoms with Gasteiger partial charge in [-0.15, -0.1) is 0 Å². The zero-order chi connectivity index (χ0) is 25.0. The van der Waals surface area contributed by atoms with Gasteiger partial charge in [-0.2, -0.15) is 0 Å². The maximum Gasteiger partial charge on any atom is 0.302 e. The number of hydrogen-bond acceptors (Lipinski definition) is 6. The van der Waals surface area contributed by atoms with Crippen molar-refractivity contribution in [1.82, 2.24) is 0 Å². The van der Waals surface area contributed by atoms with E-state index in [1.54, 1.807) is 0 Å². The molecule has 0 spiro atoms. The molecule has 0 aliphatic carbocycles. The number of nitrogens with zero attached hydrogens (tertiary/aromatic N) is 1. The van der Waals surface area contributed by atoms with Gasteiger partial charge in [0.25, 0.3) is 7.82 Å². The van der Waals surface area contributed by atoms with E-state index in [0.717, 1.165) is 19.3 Å². The van der Waals surface area contributed by atoms with Crippen LogP contribution in [0.3, 0.4) is 0 Å². The minimum atomic E-state index is -4.40. The number of esters is 1. The molecule has 0 aromatic heterocycles. The highest BCUT2D eigenvalue weighted by atomic mass is 31.2. The summed E-state index contributed by atoms with van der Waals surface area (Å²) in [5, 5.41) is 0. The maximum atomic E-state index is 11.9. The van der Waals surface area contributed by atoms with E-state index in [2.05, 4.69) is 6.92 Å². The fourth-order valence-electron chi connectivity index (χ4n) is 3.62. The molecule has 0 fully saturated rings. The molecule has 0 aliphatic heterocycles. The number of carbonyl (C=O) groups is 1. The van der Waals surface area contributed by atoms with E-state index in [4.69, 9.17) is 13.8 Å². The molecule has 8 heteroatoms. The van der Waals surface area contributed by atoms with Gasteiger partial charge in [-0.05, 0) is 12.8 Å². The average molecular weight is 494 g/mol. The van der Waals surface area contributed by atoms with Crippen LogP contribution in [0.1, 0.15) is 110 Å². The minimum absolute atomic E-state index is 0.0570. The number of carbonyl (C=O) groups excluding carboxylic acids is 1. The highest BCUT2D eigenvalue weighted by Gasteiger charge is 2.18. The van der Waals surface area contributed by atoms with Crippen molar-refractivity contribution in [3.63, 3.8) is 0 Å². The Bertz CT molecular complexity index is 524. The first-order chi connectivity index (χ1) is 15.6. The lowest BCUT2D eigenvalue weighted by Crippen LogP contribution is -2.37. The van der Waals surface area contributed by atoms with Gasteiger partial charge in [-0.1, -0.05) is 90.4 Å². The van der Waals surface area contributed by atoms with Crippen LogP contribution in [0.25, 0.3) is 0 Å². The van der Waals surface area contributed by atoms with Crippen LogP contribution in [0.2, 0.25) is 0 Å². The number of hydrogen-bond donors (Lipinski definition) is 0. The highest BCUT2D eigenvalue weighted by molar-refractivity contribution is 7.45. The first-order valence-electron chi connectivity index (χ1n) is 13.1. The summed E-state index contributed by atoms with van der Waals surface area (Å²) in [5.41, 5.74) is 0. The maximum absolute atomic E-state index is 11.9. The largest absolute Gasteiger partial charge is 0.756 e. The van der Waals surface area contributed by atoms with Crippen LogP contribution in [0, 0.1) is 0 Å². The molecule has 33 heavy (non-hydrogen) atoms. The van der Waals surface area contributed by atoms with E-state index < -0.39 is 19.9 Å². The van der Waals surface area contributed by atoms with Crippen molar-refractivity contribution in [2.75, 3.05) is 40.9 Å². The zero-order valence-corrected chi connectivity index (χ0v) is 23.0. The van der Waals surface area contributed by atoms with Crippen molar-refractivity contribution < 1.29 is 32.5 Å². The molecule has 0 heterocycles. The topological polar surface area (TPSA) is 84.9 Å². The average Bonchev–Trinajstić information content (AvgIpc) is 2.70. The van der Waals surface area contributed by atoms with Gasteiger partial charge in [0.1, 0.15) is 19.3 Å². The predicted octanol–water partition coefficient (Wildman–Crippen LogP) is 6.00. The number of likely N-dealkylation sites (N-methyl/N-ethyl adjacent to an activating group) is 1. The molecule has 1 unspecified atom stereocenters. The van der Waals surface area contributed by atoms with E-state index in [0.29, 0.717) is 17.4 Å². The van der Waals surface area contributed by atoms with Crippen LogP contribution in [0.5, 0.6) is 0 Å². The highest BCUT2D eigenvalue weighted by Crippen LogP contribution is 2.38. The van der Waals surface area contributed by atoms with Crippen molar-refractivity contribution in [2.24, 2.45) is 0 Å². The third-order valence-corrected chi connectivity index (χ3v) is 6.61. The van der Waals surface area contributed by atoms with Crippen LogP contribution in [0.15, 0.2) is 0 Å². The van der Waals surface area contributed by atoms with Crippen LogP contribution in [-0.2, 0) is 23.1 Å². The lowest BCUT2D eigenvalue weighted by molar-refractivity contribution is -0.870. The van der Waals surface area contributed by atoms with Crippen molar-refractivity contribution in [3.8, 4) is 0 Å². The molecule has 0 aromatic carbocycles. The minimum Gasteiger partial charge on any atom is -0.756 e. The third-order valence-electron chi connectivity index (χ3n) is 5.64. The molecule has 0 bridgehead atoms. The van der Waals surface area contributed by atoms with Gasteiger partial charge < -0.3 is 23.2 Å². The summed E-state index contributed by atoms with van der Waals surface area (Å²) in [6.07, 6.45) is 17.8. The Morgan fingerprint density at radius 3 is 1.70 bits per heavy atom. The third kappa shape index (κ3) is 24.5. The Morgan fingerprint density at radius 1 is 0.818 bits per heavy atom. The zero-order valence-electron chi connectivity index (χ0n) is 22.1. The molecule has 0 amide bonds. The van der Waals surface area contributed by atoms with E-state index in [1.165, 1.54) is 77.6 Å². The summed E-state index contributed by atoms with van der Waals surface area (Å²) in [4.78, 5) is 23.3. The van der Waals surface area contributed by atoms with Gasteiger partial charge in [-0.3, -0.25) is 9.36 Å². The summed E-state index contributed by atoms with van der Waals surface area (Å²) in [6.45, 7) is 3.99. The van der Waals surface area contributed by atoms with Crippen molar-refractivity contribution >= 4 is 13.8 Å². The smallest absolute Gasteiger partial charge is 0.302 e. The number of quaternary nitrogens is 1. The van der Waals surface area contributed by atoms with Gasteiger partial charge in [-0.25, -0.2) is 0 Å². The number of phosphoric acid groups is 1. The van der Waals surface area contributed by atoms with Gasteiger partial charge in [0.05, 0.1) is 27.7 Å². The molecule has 0 aromatic rings. The first kappa shape index (κ1) is 32.5. The Morgan fingerprint density at radius 2 is 1.27 bits per heavy atom. The molecule has 0 saturated carbocycles. The van der Waals surface area contributed by atoms with Crippen molar-refractivity contribution in [1.29, 1.82) is 0 Å². The van der Waals surface area contributed by atoms with Crippen LogP contribution in [0.4, 0.5) is 0 Å². The quantitative estimate of drug-likeness (QED) is 0.0751. The lowest BCUT2D eigenvalue weighted by atomic mass is 10.0. The first-order valence-corrected chi connectivity index (χ1v) is 14.6. The van der Waals surface area contributed by atoms with Crippen molar-refractivity contribution in [2.45, 2.75) is 116 Å². The monoisotopic (exact) mass is 493 g/mol. The normalized spacial score (nSPS) is 14.7. The molecule has 0 saturated heterocycles. The second-order valence-electron chi connectivity index (χ2n) is 10.2. The Kier molecular flexibility index (Phi) is 19.5. The molecule has 0 aliphatic rings. The second-order valence-corrected chi connectivity index (χ2v) is 11.6. The van der Waals surface area contributed by atoms with Crippen LogP contribution < -0.4 is 4.89 Å². The summed E-state index contributed by atoms with van der Waals surface area (Å²) in [6, 6.07) is 0. The van der Waals surface area contributed by atoms with Crippen LogP contribution in [-0.4, -0.2) is 57.5 Å². The molecule has 0 rings (SSSR count). The standard InChI is InChI=1S/C25H52NO6P/c1-6-7-8-9-10-11-12-13-14-15-16-17-18-19-20-25(32-24(2)27)23-31-33(28,29)30-22-21-26(3,4)5/h25H,6-23H2,1-5H3/t25-/m1/s1. The Labute approximate surface area is 203 Å². The number of ether oxygens (including phenoxy) is 1. The van der Waals surface area contributed by atoms with Gasteiger partial charge >= 0.3 is 5.97 Å². The number of rotatable bonds is 23. The van der Waals surface area contributed by atoms with Gasteiger partial charge in [0.15, 0.2) is 0 Å². The van der Waals surface area contributed by atoms with E-state index in [-0.39, 0.29) is 13.2 Å². The Hall–Kier alpha value is -0.460. The molecule has 0 N–H and O–H groups in total. The van der Waals surface area contributed by atoms with E-state index >= 15 is 0 Å². The van der Waals surface area contributed by atoms with E-state index in [1.807, 2.05) is 21.1 Å². The summed E-state index contributed by atoms with van der Waals surface area (Å²) < 4.78 is 27.7. The summed E-state index contributed by atoms with van der Waals surface area (Å²) >= 11 is 0. The molecular formula is C25H52NO6P. The predicted molar refractivity (Wildman–Crippen MR) is 133 cm³/mol.